The van der Waals surface area contributed by atoms with Crippen molar-refractivity contribution in [2.24, 2.45) is 0 Å². The van der Waals surface area contributed by atoms with Gasteiger partial charge in [-0.05, 0) is 35.9 Å². The molecule has 0 unspecified atom stereocenters. The van der Waals surface area contributed by atoms with E-state index in [1.54, 1.807) is 23.1 Å². The van der Waals surface area contributed by atoms with Gasteiger partial charge in [0.1, 0.15) is 12.7 Å². The highest BCUT2D eigenvalue weighted by atomic mass is 32.2. The van der Waals surface area contributed by atoms with Crippen LogP contribution in [-0.4, -0.2) is 64.5 Å². The number of nitrogens with zero attached hydrogens (tertiary/aromatic N) is 5. The molecule has 12 heteroatoms. The second-order valence-corrected chi connectivity index (χ2v) is 9.45. The van der Waals surface area contributed by atoms with Crippen LogP contribution in [0.15, 0.2) is 66.1 Å². The van der Waals surface area contributed by atoms with Crippen LogP contribution in [0.4, 0.5) is 13.2 Å². The van der Waals surface area contributed by atoms with E-state index in [1.807, 2.05) is 12.1 Å². The lowest BCUT2D eigenvalue weighted by Gasteiger charge is -2.34. The number of piperazine rings is 1. The van der Waals surface area contributed by atoms with Crippen molar-refractivity contribution >= 4 is 15.9 Å². The number of rotatable bonds is 5. The van der Waals surface area contributed by atoms with Crippen LogP contribution in [0.25, 0.3) is 0 Å². The Morgan fingerprint density at radius 1 is 1.00 bits per heavy atom. The Morgan fingerprint density at radius 3 is 2.30 bits per heavy atom. The molecule has 1 saturated heterocycles. The summed E-state index contributed by atoms with van der Waals surface area (Å²) < 4.78 is 67.3. The zero-order chi connectivity index (χ0) is 23.6. The van der Waals surface area contributed by atoms with E-state index in [2.05, 4.69) is 10.1 Å². The molecule has 0 radical (unpaired) electrons. The van der Waals surface area contributed by atoms with E-state index in [1.165, 1.54) is 11.2 Å². The number of carbonyl (C=O) groups is 1. The molecule has 0 aliphatic carbocycles. The minimum absolute atomic E-state index is 0.00526. The molecule has 0 bridgehead atoms. The zero-order valence-corrected chi connectivity index (χ0v) is 18.1. The summed E-state index contributed by atoms with van der Waals surface area (Å²) in [6.07, 6.45) is -1.61. The van der Waals surface area contributed by atoms with Crippen molar-refractivity contribution in [3.8, 4) is 0 Å². The quantitative estimate of drug-likeness (QED) is 0.561. The second kappa shape index (κ2) is 8.94. The molecule has 33 heavy (non-hydrogen) atoms. The summed E-state index contributed by atoms with van der Waals surface area (Å²) in [5.41, 5.74) is 0.380. The average Bonchev–Trinajstić information content (AvgIpc) is 3.32. The fraction of sp³-hybridized carbons (Fsp3) is 0.286. The van der Waals surface area contributed by atoms with E-state index in [4.69, 9.17) is 0 Å². The maximum atomic E-state index is 13.0. The van der Waals surface area contributed by atoms with Crippen molar-refractivity contribution in [2.45, 2.75) is 17.6 Å². The van der Waals surface area contributed by atoms with E-state index in [-0.39, 0.29) is 32.1 Å². The minimum Gasteiger partial charge on any atom is -0.336 e. The minimum atomic E-state index is -4.64. The molecule has 1 fully saturated rings. The Hall–Kier alpha value is -3.25. The highest BCUT2D eigenvalue weighted by Crippen LogP contribution is 2.31. The molecule has 1 amide bonds. The average molecular weight is 479 g/mol. The van der Waals surface area contributed by atoms with Gasteiger partial charge in [0.15, 0.2) is 0 Å². The number of hydrogen-bond acceptors (Lipinski definition) is 5. The molecule has 1 aliphatic rings. The Bertz CT molecular complexity index is 1220. The van der Waals surface area contributed by atoms with Crippen LogP contribution in [0.1, 0.15) is 21.5 Å². The second-order valence-electron chi connectivity index (χ2n) is 7.51. The van der Waals surface area contributed by atoms with Crippen LogP contribution in [0, 0.1) is 0 Å². The number of hydrogen-bond donors (Lipinski definition) is 0. The molecule has 2 aromatic carbocycles. The molecular formula is C21H20F3N5O3S. The van der Waals surface area contributed by atoms with Gasteiger partial charge in [-0.15, -0.1) is 0 Å². The highest BCUT2D eigenvalue weighted by Gasteiger charge is 2.34. The number of alkyl halides is 3. The summed E-state index contributed by atoms with van der Waals surface area (Å²) in [6, 6.07) is 10.7. The summed E-state index contributed by atoms with van der Waals surface area (Å²) in [6.45, 7) is 0.777. The molecular weight excluding hydrogens is 459 g/mol. The highest BCUT2D eigenvalue weighted by molar-refractivity contribution is 7.89. The third kappa shape index (κ3) is 5.06. The van der Waals surface area contributed by atoms with Crippen molar-refractivity contribution in [1.82, 2.24) is 24.0 Å². The monoisotopic (exact) mass is 479 g/mol. The maximum Gasteiger partial charge on any atom is 0.416 e. The summed E-state index contributed by atoms with van der Waals surface area (Å²) in [7, 11) is -4.11. The van der Waals surface area contributed by atoms with Crippen LogP contribution in [0.3, 0.4) is 0 Å². The lowest BCUT2D eigenvalue weighted by Crippen LogP contribution is -2.50. The fourth-order valence-corrected chi connectivity index (χ4v) is 5.02. The lowest BCUT2D eigenvalue weighted by molar-refractivity contribution is -0.137. The summed E-state index contributed by atoms with van der Waals surface area (Å²) in [5.74, 6) is -0.238. The Morgan fingerprint density at radius 2 is 1.70 bits per heavy atom. The van der Waals surface area contributed by atoms with Gasteiger partial charge in [-0.3, -0.25) is 4.79 Å². The number of amides is 1. The molecule has 0 spiro atoms. The van der Waals surface area contributed by atoms with Crippen LogP contribution >= 0.6 is 0 Å². The van der Waals surface area contributed by atoms with E-state index in [0.29, 0.717) is 18.2 Å². The summed E-state index contributed by atoms with van der Waals surface area (Å²) >= 11 is 0. The van der Waals surface area contributed by atoms with Gasteiger partial charge in [-0.2, -0.15) is 22.6 Å². The predicted molar refractivity (Wildman–Crippen MR) is 112 cm³/mol. The van der Waals surface area contributed by atoms with Crippen molar-refractivity contribution in [2.75, 3.05) is 26.2 Å². The third-order valence-corrected chi connectivity index (χ3v) is 7.23. The first-order chi connectivity index (χ1) is 15.6. The van der Waals surface area contributed by atoms with Crippen molar-refractivity contribution < 1.29 is 26.4 Å². The first-order valence-corrected chi connectivity index (χ1v) is 11.5. The largest absolute Gasteiger partial charge is 0.416 e. The van der Waals surface area contributed by atoms with Gasteiger partial charge in [0.2, 0.25) is 10.0 Å². The molecule has 0 atom stereocenters. The van der Waals surface area contributed by atoms with Gasteiger partial charge in [0.25, 0.3) is 5.91 Å². The standard InChI is InChI=1S/C21H20F3N5O3S/c22-21(23,24)18-2-1-3-19(12-18)33(31,32)29-10-8-27(9-11-29)20(30)17-6-4-16(5-7-17)13-28-15-25-14-26-28/h1-7,12,14-15H,8-11,13H2. The number of sulfonamides is 1. The lowest BCUT2D eigenvalue weighted by atomic mass is 10.1. The zero-order valence-electron chi connectivity index (χ0n) is 17.3. The van der Waals surface area contributed by atoms with E-state index < -0.39 is 26.7 Å². The van der Waals surface area contributed by atoms with Crippen LogP contribution < -0.4 is 0 Å². The van der Waals surface area contributed by atoms with Gasteiger partial charge in [0.05, 0.1) is 17.0 Å². The normalized spacial score (nSPS) is 15.5. The fourth-order valence-electron chi connectivity index (χ4n) is 3.55. The first-order valence-electron chi connectivity index (χ1n) is 10.0. The van der Waals surface area contributed by atoms with E-state index in [9.17, 15) is 26.4 Å². The SMILES string of the molecule is O=C(c1ccc(Cn2cncn2)cc1)N1CCN(S(=O)(=O)c2cccc(C(F)(F)F)c2)CC1. The van der Waals surface area contributed by atoms with Crippen LogP contribution in [-0.2, 0) is 22.7 Å². The molecule has 8 nitrogen and oxygen atoms in total. The van der Waals surface area contributed by atoms with Gasteiger partial charge in [0, 0.05) is 31.7 Å². The number of benzene rings is 2. The maximum absolute atomic E-state index is 13.0. The third-order valence-electron chi connectivity index (χ3n) is 5.34. The number of halogens is 3. The Kier molecular flexibility index (Phi) is 6.21. The molecule has 3 aromatic rings. The van der Waals surface area contributed by atoms with Gasteiger partial charge in [-0.1, -0.05) is 18.2 Å². The van der Waals surface area contributed by atoms with Crippen molar-refractivity contribution in [3.05, 3.63) is 77.9 Å². The van der Waals surface area contributed by atoms with Crippen molar-refractivity contribution in [1.29, 1.82) is 0 Å². The van der Waals surface area contributed by atoms with Gasteiger partial charge in [-0.25, -0.2) is 18.1 Å². The van der Waals surface area contributed by atoms with E-state index in [0.717, 1.165) is 28.1 Å². The molecule has 174 valence electrons. The van der Waals surface area contributed by atoms with Crippen molar-refractivity contribution in [3.63, 3.8) is 0 Å². The number of carbonyl (C=O) groups excluding carboxylic acids is 1. The number of aromatic nitrogens is 3. The van der Waals surface area contributed by atoms with Crippen LogP contribution in [0.5, 0.6) is 0 Å². The van der Waals surface area contributed by atoms with E-state index >= 15 is 0 Å². The molecule has 0 N–H and O–H groups in total. The van der Waals surface area contributed by atoms with Gasteiger partial charge < -0.3 is 4.90 Å². The van der Waals surface area contributed by atoms with Gasteiger partial charge >= 0.3 is 6.18 Å². The molecule has 0 saturated carbocycles. The Balaban J connectivity index is 1.39. The predicted octanol–water partition coefficient (Wildman–Crippen LogP) is 2.49. The topological polar surface area (TPSA) is 88.4 Å². The smallest absolute Gasteiger partial charge is 0.336 e. The molecule has 2 heterocycles. The molecule has 4 rings (SSSR count). The molecule has 1 aromatic heterocycles. The first kappa shape index (κ1) is 22.9. The Labute approximate surface area is 188 Å². The van der Waals surface area contributed by atoms with Crippen LogP contribution in [0.2, 0.25) is 0 Å². The summed E-state index contributed by atoms with van der Waals surface area (Å²) in [5, 5.41) is 4.03. The summed E-state index contributed by atoms with van der Waals surface area (Å²) in [4.78, 5) is 17.8. The molecule has 1 aliphatic heterocycles.